The average molecular weight is 379 g/mol. The summed E-state index contributed by atoms with van der Waals surface area (Å²) in [6, 6.07) is 1.94. The molecule has 4 heterocycles. The van der Waals surface area contributed by atoms with Crippen molar-refractivity contribution in [2.75, 3.05) is 31.1 Å². The van der Waals surface area contributed by atoms with Gasteiger partial charge in [0.05, 0.1) is 0 Å². The Labute approximate surface area is 162 Å². The molecule has 1 amide bonds. The second-order valence-corrected chi connectivity index (χ2v) is 7.12. The third kappa shape index (κ3) is 3.02. The highest BCUT2D eigenvalue weighted by Gasteiger charge is 2.29. The molecule has 0 aromatic carbocycles. The predicted molar refractivity (Wildman–Crippen MR) is 100 cm³/mol. The fourth-order valence-electron chi connectivity index (χ4n) is 3.89. The summed E-state index contributed by atoms with van der Waals surface area (Å²) >= 11 is 0. The first-order valence-corrected chi connectivity index (χ1v) is 9.61. The highest BCUT2D eigenvalue weighted by atomic mass is 16.5. The largest absolute Gasteiger partial charge is 0.360 e. The average Bonchev–Trinajstić information content (AvgIpc) is 3.44. The van der Waals surface area contributed by atoms with Crippen molar-refractivity contribution >= 4 is 11.7 Å². The number of fused-ring (bicyclic) bond motifs is 1. The van der Waals surface area contributed by atoms with E-state index in [1.54, 1.807) is 18.9 Å². The zero-order valence-corrected chi connectivity index (χ0v) is 15.5. The maximum Gasteiger partial charge on any atom is 0.276 e. The van der Waals surface area contributed by atoms with Crippen molar-refractivity contribution < 1.29 is 9.32 Å². The Morgan fingerprint density at radius 3 is 2.68 bits per heavy atom. The lowest BCUT2D eigenvalue weighted by molar-refractivity contribution is 0.0735. The zero-order valence-electron chi connectivity index (χ0n) is 15.5. The van der Waals surface area contributed by atoms with Crippen molar-refractivity contribution in [2.24, 2.45) is 0 Å². The lowest BCUT2D eigenvalue weighted by atomic mass is 9.96. The molecule has 0 unspecified atom stereocenters. The topological polar surface area (TPSA) is 93.2 Å². The number of aromatic nitrogens is 5. The zero-order chi connectivity index (χ0) is 18.9. The summed E-state index contributed by atoms with van der Waals surface area (Å²) in [5.74, 6) is 2.49. The number of anilines is 1. The van der Waals surface area contributed by atoms with Crippen LogP contribution in [-0.4, -0.2) is 61.7 Å². The molecule has 0 bridgehead atoms. The number of hydrogen-bond acceptors (Lipinski definition) is 7. The second-order valence-electron chi connectivity index (χ2n) is 7.12. The minimum absolute atomic E-state index is 0.0201. The molecule has 144 valence electrons. The van der Waals surface area contributed by atoms with Crippen molar-refractivity contribution in [3.63, 3.8) is 0 Å². The summed E-state index contributed by atoms with van der Waals surface area (Å²) in [5.41, 5.74) is 1.52. The van der Waals surface area contributed by atoms with Crippen LogP contribution < -0.4 is 4.90 Å². The molecule has 3 aromatic rings. The van der Waals surface area contributed by atoms with Crippen LogP contribution in [0.3, 0.4) is 0 Å². The van der Waals surface area contributed by atoms with Gasteiger partial charge in [-0.1, -0.05) is 5.16 Å². The highest BCUT2D eigenvalue weighted by molar-refractivity contribution is 5.94. The maximum atomic E-state index is 12.9. The summed E-state index contributed by atoms with van der Waals surface area (Å²) in [5, 5.41) is 4.08. The van der Waals surface area contributed by atoms with Crippen LogP contribution in [0.1, 0.15) is 34.7 Å². The molecule has 1 aliphatic carbocycles. The van der Waals surface area contributed by atoms with Gasteiger partial charge in [0, 0.05) is 56.6 Å². The summed E-state index contributed by atoms with van der Waals surface area (Å²) < 4.78 is 7.25. The molecule has 1 aliphatic heterocycles. The summed E-state index contributed by atoms with van der Waals surface area (Å²) in [6.45, 7) is 2.69. The van der Waals surface area contributed by atoms with Crippen LogP contribution in [0.2, 0.25) is 0 Å². The number of aryl methyl sites for hydroxylation is 1. The Bertz CT molecular complexity index is 974. The first kappa shape index (κ1) is 16.9. The van der Waals surface area contributed by atoms with Gasteiger partial charge in [0.25, 0.3) is 5.91 Å². The van der Waals surface area contributed by atoms with Gasteiger partial charge in [-0.2, -0.15) is 0 Å². The Morgan fingerprint density at radius 2 is 1.86 bits per heavy atom. The lowest BCUT2D eigenvalue weighted by Gasteiger charge is -2.35. The number of imidazole rings is 1. The van der Waals surface area contributed by atoms with Crippen molar-refractivity contribution in [2.45, 2.75) is 25.7 Å². The van der Waals surface area contributed by atoms with Gasteiger partial charge in [-0.25, -0.2) is 15.0 Å². The lowest BCUT2D eigenvalue weighted by Crippen LogP contribution is -2.49. The molecule has 2 aliphatic rings. The quantitative estimate of drug-likeness (QED) is 0.681. The molecule has 0 atom stereocenters. The van der Waals surface area contributed by atoms with E-state index < -0.39 is 0 Å². The molecule has 9 nitrogen and oxygen atoms in total. The van der Waals surface area contributed by atoms with E-state index in [2.05, 4.69) is 25.0 Å². The standard InChI is InChI=1S/C19H21N7O2/c27-19(18-14-3-1-2-4-15(14)28-23-18)25-9-7-24(8-10-25)16-11-17(22-12-21-16)26-6-5-20-13-26/h5-6,11-13H,1-4,7-10H2. The van der Waals surface area contributed by atoms with Crippen molar-refractivity contribution in [1.29, 1.82) is 0 Å². The van der Waals surface area contributed by atoms with Gasteiger partial charge in [-0.15, -0.1) is 0 Å². The minimum atomic E-state index is -0.0201. The number of amides is 1. The molecule has 0 saturated carbocycles. The smallest absolute Gasteiger partial charge is 0.276 e. The molecule has 0 N–H and O–H groups in total. The van der Waals surface area contributed by atoms with Crippen LogP contribution in [0.5, 0.6) is 0 Å². The molecule has 5 rings (SSSR count). The molecular formula is C19H21N7O2. The van der Waals surface area contributed by atoms with Crippen molar-refractivity contribution in [3.8, 4) is 5.82 Å². The fourth-order valence-corrected chi connectivity index (χ4v) is 3.89. The van der Waals surface area contributed by atoms with E-state index in [1.165, 1.54) is 0 Å². The van der Waals surface area contributed by atoms with Crippen LogP contribution >= 0.6 is 0 Å². The van der Waals surface area contributed by atoms with Gasteiger partial charge in [-0.05, 0) is 19.3 Å². The van der Waals surface area contributed by atoms with Crippen molar-refractivity contribution in [1.82, 2.24) is 29.6 Å². The molecule has 1 fully saturated rings. The number of carbonyl (C=O) groups excluding carboxylic acids is 1. The van der Waals surface area contributed by atoms with Crippen molar-refractivity contribution in [3.05, 3.63) is 48.1 Å². The maximum absolute atomic E-state index is 12.9. The van der Waals surface area contributed by atoms with E-state index >= 15 is 0 Å². The molecule has 28 heavy (non-hydrogen) atoms. The van der Waals surface area contributed by atoms with E-state index in [0.29, 0.717) is 31.9 Å². The van der Waals surface area contributed by atoms with Crippen LogP contribution in [0.4, 0.5) is 5.82 Å². The van der Waals surface area contributed by atoms with Crippen LogP contribution in [0.25, 0.3) is 5.82 Å². The number of carbonyl (C=O) groups is 1. The number of piperazine rings is 1. The monoisotopic (exact) mass is 379 g/mol. The van der Waals surface area contributed by atoms with Gasteiger partial charge in [0.15, 0.2) is 5.69 Å². The van der Waals surface area contributed by atoms with Gasteiger partial charge in [0.2, 0.25) is 0 Å². The molecule has 1 saturated heterocycles. The molecule has 3 aromatic heterocycles. The van der Waals surface area contributed by atoms with Crippen LogP contribution in [0.15, 0.2) is 35.6 Å². The third-order valence-corrected chi connectivity index (χ3v) is 5.45. The van der Waals surface area contributed by atoms with E-state index in [0.717, 1.165) is 48.6 Å². The highest BCUT2D eigenvalue weighted by Crippen LogP contribution is 2.25. The first-order valence-electron chi connectivity index (χ1n) is 9.61. The van der Waals surface area contributed by atoms with E-state index in [9.17, 15) is 4.79 Å². The van der Waals surface area contributed by atoms with Crippen LogP contribution in [0, 0.1) is 0 Å². The fraction of sp³-hybridized carbons (Fsp3) is 0.421. The SMILES string of the molecule is O=C(c1noc2c1CCCC2)N1CCN(c2cc(-n3ccnc3)ncn2)CC1. The molecule has 9 heteroatoms. The molecule has 0 spiro atoms. The predicted octanol–water partition coefficient (Wildman–Crippen LogP) is 1.49. The number of rotatable bonds is 3. The Kier molecular flexibility index (Phi) is 4.27. The van der Waals surface area contributed by atoms with E-state index in [-0.39, 0.29) is 5.91 Å². The normalized spacial score (nSPS) is 16.9. The Balaban J connectivity index is 1.27. The van der Waals surface area contributed by atoms with Crippen LogP contribution in [-0.2, 0) is 12.8 Å². The summed E-state index contributed by atoms with van der Waals surface area (Å²) in [6.07, 6.45) is 10.8. The minimum Gasteiger partial charge on any atom is -0.360 e. The molecular weight excluding hydrogens is 358 g/mol. The number of nitrogens with zero attached hydrogens (tertiary/aromatic N) is 7. The van der Waals surface area contributed by atoms with Gasteiger partial charge in [0.1, 0.15) is 30.1 Å². The Hall–Kier alpha value is -3.23. The Morgan fingerprint density at radius 1 is 1.04 bits per heavy atom. The van der Waals surface area contributed by atoms with Gasteiger partial charge >= 0.3 is 0 Å². The second kappa shape index (κ2) is 7.06. The molecule has 0 radical (unpaired) electrons. The van der Waals surface area contributed by atoms with Gasteiger partial charge < -0.3 is 14.3 Å². The summed E-state index contributed by atoms with van der Waals surface area (Å²) in [4.78, 5) is 29.7. The first-order chi connectivity index (χ1) is 13.8. The summed E-state index contributed by atoms with van der Waals surface area (Å²) in [7, 11) is 0. The number of hydrogen-bond donors (Lipinski definition) is 0. The van der Waals surface area contributed by atoms with Gasteiger partial charge in [-0.3, -0.25) is 9.36 Å². The van der Waals surface area contributed by atoms with E-state index in [4.69, 9.17) is 4.52 Å². The third-order valence-electron chi connectivity index (χ3n) is 5.45. The van der Waals surface area contributed by atoms with E-state index in [1.807, 2.05) is 21.7 Å².